The van der Waals surface area contributed by atoms with Gasteiger partial charge in [0, 0.05) is 22.9 Å². The largest absolute Gasteiger partial charge is 0.417 e. The average Bonchev–Trinajstić information content (AvgIpc) is 2.56. The number of aromatic nitrogens is 2. The molecule has 0 N–H and O–H groups in total. The molecule has 0 bridgehead atoms. The van der Waals surface area contributed by atoms with E-state index in [4.69, 9.17) is 11.6 Å². The highest BCUT2D eigenvalue weighted by Gasteiger charge is 2.31. The molecule has 0 saturated carbocycles. The van der Waals surface area contributed by atoms with Crippen molar-refractivity contribution in [1.29, 1.82) is 0 Å². The third-order valence-electron chi connectivity index (χ3n) is 3.10. The molecule has 0 aromatic carbocycles. The summed E-state index contributed by atoms with van der Waals surface area (Å²) in [6, 6.07) is 3.82. The molecular weight excluding hydrogens is 377 g/mol. The van der Waals surface area contributed by atoms with E-state index in [9.17, 15) is 22.8 Å². The summed E-state index contributed by atoms with van der Waals surface area (Å²) in [6.07, 6.45) is -3.62. The van der Waals surface area contributed by atoms with Gasteiger partial charge in [0.15, 0.2) is 11.6 Å². The van der Waals surface area contributed by atoms with Crippen LogP contribution in [0.25, 0.3) is 0 Å². The lowest BCUT2D eigenvalue weighted by molar-refractivity contribution is -0.137. The van der Waals surface area contributed by atoms with Gasteiger partial charge in [0.2, 0.25) is 0 Å². The molecular formula is C16H12ClF3N2O2S. The molecule has 132 valence electrons. The lowest BCUT2D eigenvalue weighted by Gasteiger charge is -2.08. The number of carbonyl (C=O) groups is 2. The normalized spacial score (nSPS) is 11.4. The quantitative estimate of drug-likeness (QED) is 0.310. The summed E-state index contributed by atoms with van der Waals surface area (Å²) >= 11 is 7.15. The molecule has 0 aliphatic rings. The summed E-state index contributed by atoms with van der Waals surface area (Å²) in [5, 5.41) is 0.0944. The second-order valence-electron chi connectivity index (χ2n) is 4.90. The topological polar surface area (TPSA) is 59.9 Å². The van der Waals surface area contributed by atoms with E-state index in [0.29, 0.717) is 22.9 Å². The van der Waals surface area contributed by atoms with Crippen molar-refractivity contribution < 1.29 is 22.8 Å². The fourth-order valence-corrected chi connectivity index (χ4v) is 2.89. The van der Waals surface area contributed by atoms with Crippen LogP contribution in [0.1, 0.15) is 39.8 Å². The van der Waals surface area contributed by atoms with E-state index < -0.39 is 29.7 Å². The second kappa shape index (κ2) is 7.97. The molecule has 0 aliphatic heterocycles. The Labute approximate surface area is 150 Å². The van der Waals surface area contributed by atoms with Gasteiger partial charge in [-0.3, -0.25) is 14.6 Å². The number of thioether (sulfide) groups is 1. The number of nitrogens with zero attached hydrogens (tertiary/aromatic N) is 2. The van der Waals surface area contributed by atoms with E-state index in [2.05, 4.69) is 9.97 Å². The number of hydrogen-bond donors (Lipinski definition) is 0. The van der Waals surface area contributed by atoms with Crippen LogP contribution in [0.4, 0.5) is 13.2 Å². The molecule has 2 heterocycles. The van der Waals surface area contributed by atoms with Crippen molar-refractivity contribution in [2.45, 2.75) is 24.4 Å². The van der Waals surface area contributed by atoms with Gasteiger partial charge in [0.1, 0.15) is 10.8 Å². The molecule has 0 fully saturated rings. The van der Waals surface area contributed by atoms with Gasteiger partial charge in [-0.25, -0.2) is 4.98 Å². The fraction of sp³-hybridized carbons (Fsp3) is 0.250. The molecule has 25 heavy (non-hydrogen) atoms. The summed E-state index contributed by atoms with van der Waals surface area (Å²) in [5.41, 5.74) is -1.29. The van der Waals surface area contributed by atoms with Crippen LogP contribution in [0, 0.1) is 0 Å². The molecule has 2 rings (SSSR count). The van der Waals surface area contributed by atoms with Gasteiger partial charge in [-0.15, -0.1) is 11.8 Å². The molecule has 4 nitrogen and oxygen atoms in total. The number of carbonyl (C=O) groups excluding carboxylic acids is 2. The Hall–Kier alpha value is -1.93. The third kappa shape index (κ3) is 5.02. The number of Topliss-reactive ketones (excluding diaryl/α,β-unsaturated/α-hetero) is 2. The molecule has 0 spiro atoms. The summed E-state index contributed by atoms with van der Waals surface area (Å²) in [5.74, 6) is -0.701. The maximum Gasteiger partial charge on any atom is 0.417 e. The maximum atomic E-state index is 12.7. The van der Waals surface area contributed by atoms with Gasteiger partial charge < -0.3 is 0 Å². The molecule has 0 unspecified atom stereocenters. The van der Waals surface area contributed by atoms with E-state index in [-0.39, 0.29) is 16.4 Å². The van der Waals surface area contributed by atoms with Crippen LogP contribution in [0.2, 0.25) is 5.15 Å². The van der Waals surface area contributed by atoms with Crippen LogP contribution < -0.4 is 0 Å². The molecule has 0 amide bonds. The van der Waals surface area contributed by atoms with E-state index in [1.54, 1.807) is 6.07 Å². The van der Waals surface area contributed by atoms with Crippen molar-refractivity contribution in [3.8, 4) is 0 Å². The second-order valence-corrected chi connectivity index (χ2v) is 6.59. The van der Waals surface area contributed by atoms with E-state index >= 15 is 0 Å². The summed E-state index contributed by atoms with van der Waals surface area (Å²) in [6.45, 7) is 1.88. The van der Waals surface area contributed by atoms with E-state index in [1.807, 2.05) is 6.92 Å². The van der Waals surface area contributed by atoms with Gasteiger partial charge in [-0.1, -0.05) is 18.5 Å². The summed E-state index contributed by atoms with van der Waals surface area (Å²) in [7, 11) is 0. The number of hydrogen-bond acceptors (Lipinski definition) is 5. The standard InChI is InChI=1S/C16H12ClF3N2O2S/c1-2-25-13-3-4-14(17)22-15(13)12(24)6-11(23)9-5-10(8-21-7-9)16(18,19)20/h3-5,7-8H,2,6H2,1H3. The Morgan fingerprint density at radius 2 is 1.92 bits per heavy atom. The highest BCUT2D eigenvalue weighted by atomic mass is 35.5. The Morgan fingerprint density at radius 3 is 2.56 bits per heavy atom. The van der Waals surface area contributed by atoms with E-state index in [0.717, 1.165) is 6.20 Å². The first-order chi connectivity index (χ1) is 11.7. The minimum Gasteiger partial charge on any atom is -0.294 e. The van der Waals surface area contributed by atoms with Crippen molar-refractivity contribution in [2.75, 3.05) is 5.75 Å². The summed E-state index contributed by atoms with van der Waals surface area (Å²) < 4.78 is 38.1. The van der Waals surface area contributed by atoms with Crippen molar-refractivity contribution in [3.63, 3.8) is 0 Å². The number of rotatable bonds is 6. The third-order valence-corrected chi connectivity index (χ3v) is 4.24. The zero-order valence-corrected chi connectivity index (χ0v) is 14.5. The van der Waals surface area contributed by atoms with Crippen LogP contribution in [-0.4, -0.2) is 27.3 Å². The Kier molecular flexibility index (Phi) is 6.18. The lowest BCUT2D eigenvalue weighted by Crippen LogP contribution is -2.13. The Bertz CT molecular complexity index is 812. The monoisotopic (exact) mass is 388 g/mol. The molecule has 2 aromatic rings. The first-order valence-corrected chi connectivity index (χ1v) is 8.46. The van der Waals surface area contributed by atoms with Crippen molar-refractivity contribution in [2.24, 2.45) is 0 Å². The van der Waals surface area contributed by atoms with Crippen molar-refractivity contribution >= 4 is 34.9 Å². The molecule has 0 aliphatic carbocycles. The number of ketones is 2. The summed E-state index contributed by atoms with van der Waals surface area (Å²) in [4.78, 5) is 32.5. The maximum absolute atomic E-state index is 12.7. The smallest absolute Gasteiger partial charge is 0.294 e. The molecule has 0 atom stereocenters. The van der Waals surface area contributed by atoms with Gasteiger partial charge in [-0.05, 0) is 24.0 Å². The van der Waals surface area contributed by atoms with Crippen LogP contribution >= 0.6 is 23.4 Å². The SMILES string of the molecule is CCSc1ccc(Cl)nc1C(=O)CC(=O)c1cncc(C(F)(F)F)c1. The average molecular weight is 389 g/mol. The van der Waals surface area contributed by atoms with Gasteiger partial charge in [0.25, 0.3) is 0 Å². The Morgan fingerprint density at radius 1 is 1.20 bits per heavy atom. The first-order valence-electron chi connectivity index (χ1n) is 7.10. The van der Waals surface area contributed by atoms with Gasteiger partial charge >= 0.3 is 6.18 Å². The van der Waals surface area contributed by atoms with Crippen LogP contribution in [0.5, 0.6) is 0 Å². The number of alkyl halides is 3. The van der Waals surface area contributed by atoms with Crippen molar-refractivity contribution in [3.05, 3.63) is 52.6 Å². The fourth-order valence-electron chi connectivity index (χ4n) is 1.97. The molecule has 0 saturated heterocycles. The lowest BCUT2D eigenvalue weighted by atomic mass is 10.0. The van der Waals surface area contributed by atoms with Crippen LogP contribution in [0.15, 0.2) is 35.5 Å². The zero-order chi connectivity index (χ0) is 18.6. The minimum absolute atomic E-state index is 0.0348. The van der Waals surface area contributed by atoms with Crippen molar-refractivity contribution in [1.82, 2.24) is 9.97 Å². The predicted octanol–water partition coefficient (Wildman–Crippen LogP) is 4.72. The molecule has 0 radical (unpaired) electrons. The number of pyridine rings is 2. The van der Waals surface area contributed by atoms with Crippen LogP contribution in [0.3, 0.4) is 0 Å². The zero-order valence-electron chi connectivity index (χ0n) is 12.9. The highest BCUT2D eigenvalue weighted by Crippen LogP contribution is 2.29. The molecule has 9 heteroatoms. The Balaban J connectivity index is 2.24. The predicted molar refractivity (Wildman–Crippen MR) is 88.2 cm³/mol. The molecule has 2 aromatic heterocycles. The van der Waals surface area contributed by atoms with Gasteiger partial charge in [0.05, 0.1) is 12.0 Å². The first kappa shape index (κ1) is 19.4. The van der Waals surface area contributed by atoms with E-state index in [1.165, 1.54) is 17.8 Å². The van der Waals surface area contributed by atoms with Gasteiger partial charge in [-0.2, -0.15) is 13.2 Å². The minimum atomic E-state index is -4.62. The number of halogens is 4. The van der Waals surface area contributed by atoms with Crippen LogP contribution in [-0.2, 0) is 6.18 Å². The highest BCUT2D eigenvalue weighted by molar-refractivity contribution is 7.99.